The largest absolute Gasteiger partial charge is 0.331 e. The number of carbonyl (C=O) groups excluding carboxylic acids is 1. The fraction of sp³-hybridized carbons (Fsp3) is 0.833. The minimum Gasteiger partial charge on any atom is -0.331 e. The van der Waals surface area contributed by atoms with Gasteiger partial charge in [-0.05, 0) is 13.8 Å². The van der Waals surface area contributed by atoms with Crippen LogP contribution < -0.4 is 0 Å². The summed E-state index contributed by atoms with van der Waals surface area (Å²) in [4.78, 5) is 12.7. The molecule has 0 atom stereocenters. The van der Waals surface area contributed by atoms with Crippen molar-refractivity contribution in [1.29, 1.82) is 0 Å². The number of carbonyl (C=O) groups is 1. The van der Waals surface area contributed by atoms with E-state index in [1.54, 1.807) is 16.7 Å². The summed E-state index contributed by atoms with van der Waals surface area (Å²) in [6.07, 6.45) is 0. The van der Waals surface area contributed by atoms with Gasteiger partial charge in [-0.3, -0.25) is 4.79 Å². The lowest BCUT2D eigenvalue weighted by Gasteiger charge is -2.25. The molecule has 3 heteroatoms. The van der Waals surface area contributed by atoms with E-state index in [0.717, 1.165) is 0 Å². The quantitative estimate of drug-likeness (QED) is 0.505. The summed E-state index contributed by atoms with van der Waals surface area (Å²) in [7, 11) is 1.85. The van der Waals surface area contributed by atoms with Crippen LogP contribution in [0, 0.1) is 0 Å². The van der Waals surface area contributed by atoms with Gasteiger partial charge in [0.2, 0.25) is 5.91 Å². The Morgan fingerprint density at radius 1 is 1.67 bits per heavy atom. The molecule has 52 valence electrons. The van der Waals surface area contributed by atoms with Crippen LogP contribution in [0.25, 0.3) is 0 Å². The lowest BCUT2D eigenvalue weighted by atomic mass is 10.3. The Hall–Kier alpha value is -0.180. The topological polar surface area (TPSA) is 20.3 Å². The molecule has 2 nitrogen and oxygen atoms in total. The summed E-state index contributed by atoms with van der Waals surface area (Å²) in [6, 6.07) is 0. The smallest absolute Gasteiger partial charge is 0.233 e. The Morgan fingerprint density at radius 3 is 2.33 bits per heavy atom. The first-order chi connectivity index (χ1) is 4.04. The van der Waals surface area contributed by atoms with E-state index in [-0.39, 0.29) is 10.8 Å². The van der Waals surface area contributed by atoms with Crippen molar-refractivity contribution < 1.29 is 4.79 Å². The number of hydrogen-bond donors (Lipinski definition) is 0. The molecule has 0 spiro atoms. The van der Waals surface area contributed by atoms with Crippen LogP contribution >= 0.6 is 11.8 Å². The van der Waals surface area contributed by atoms with E-state index in [1.807, 2.05) is 7.05 Å². The second kappa shape index (κ2) is 1.90. The predicted molar refractivity (Wildman–Crippen MR) is 39.3 cm³/mol. The molecule has 0 unspecified atom stereocenters. The molecule has 1 aliphatic heterocycles. The van der Waals surface area contributed by atoms with Crippen molar-refractivity contribution >= 4 is 17.7 Å². The molecule has 0 aromatic carbocycles. The van der Waals surface area contributed by atoms with Gasteiger partial charge in [0.15, 0.2) is 0 Å². The summed E-state index contributed by atoms with van der Waals surface area (Å²) >= 11 is 1.69. The van der Waals surface area contributed by atoms with E-state index in [9.17, 15) is 4.79 Å². The number of amides is 1. The minimum absolute atomic E-state index is 0.0249. The highest BCUT2D eigenvalue weighted by atomic mass is 32.2. The molecule has 0 saturated carbocycles. The van der Waals surface area contributed by atoms with Crippen molar-refractivity contribution in [2.75, 3.05) is 12.8 Å². The van der Waals surface area contributed by atoms with Crippen molar-refractivity contribution in [3.8, 4) is 0 Å². The van der Waals surface area contributed by atoms with E-state index in [1.165, 1.54) is 0 Å². The van der Waals surface area contributed by atoms with E-state index >= 15 is 0 Å². The molecule has 1 aliphatic rings. The van der Waals surface area contributed by atoms with Crippen LogP contribution in [0.15, 0.2) is 0 Å². The van der Waals surface area contributed by atoms with E-state index in [0.29, 0.717) is 5.75 Å². The summed E-state index contributed by atoms with van der Waals surface area (Å²) in [5.74, 6) is 0.883. The van der Waals surface area contributed by atoms with Crippen LogP contribution in [0.5, 0.6) is 0 Å². The molecule has 1 rings (SSSR count). The third kappa shape index (κ3) is 1.06. The fourth-order valence-electron chi connectivity index (χ4n) is 0.732. The van der Waals surface area contributed by atoms with Gasteiger partial charge in [0.05, 0.1) is 10.6 Å². The Labute approximate surface area is 59.6 Å². The van der Waals surface area contributed by atoms with Gasteiger partial charge in [-0.1, -0.05) is 0 Å². The first kappa shape index (κ1) is 6.93. The van der Waals surface area contributed by atoms with Gasteiger partial charge in [0, 0.05) is 7.05 Å². The van der Waals surface area contributed by atoms with E-state index in [4.69, 9.17) is 0 Å². The third-order valence-corrected chi connectivity index (χ3v) is 3.10. The van der Waals surface area contributed by atoms with Gasteiger partial charge >= 0.3 is 0 Å². The Bertz CT molecular complexity index is 144. The zero-order valence-corrected chi connectivity index (χ0v) is 6.79. The Morgan fingerprint density at radius 2 is 2.22 bits per heavy atom. The maximum Gasteiger partial charge on any atom is 0.233 e. The molecule has 0 aromatic heterocycles. The van der Waals surface area contributed by atoms with Crippen molar-refractivity contribution in [3.63, 3.8) is 0 Å². The first-order valence-electron chi connectivity index (χ1n) is 2.94. The van der Waals surface area contributed by atoms with E-state index < -0.39 is 0 Å². The van der Waals surface area contributed by atoms with Gasteiger partial charge in [0.25, 0.3) is 0 Å². The van der Waals surface area contributed by atoms with Crippen LogP contribution in [-0.2, 0) is 4.79 Å². The summed E-state index contributed by atoms with van der Waals surface area (Å²) in [5, 5.41) is 0. The monoisotopic (exact) mass is 145 g/mol. The number of hydrogen-bond acceptors (Lipinski definition) is 2. The van der Waals surface area contributed by atoms with Crippen LogP contribution in [0.4, 0.5) is 0 Å². The lowest BCUT2D eigenvalue weighted by Crippen LogP contribution is -2.35. The van der Waals surface area contributed by atoms with Crippen LogP contribution in [-0.4, -0.2) is 28.5 Å². The molecule has 1 saturated heterocycles. The van der Waals surface area contributed by atoms with Gasteiger partial charge in [0.1, 0.15) is 0 Å². The van der Waals surface area contributed by atoms with Crippen molar-refractivity contribution in [1.82, 2.24) is 4.90 Å². The molecule has 0 aliphatic carbocycles. The predicted octanol–water partition coefficient (Wildman–Crippen LogP) is 0.928. The summed E-state index contributed by atoms with van der Waals surface area (Å²) < 4.78 is 0. The maximum absolute atomic E-state index is 10.9. The molecule has 1 amide bonds. The highest BCUT2D eigenvalue weighted by Gasteiger charge is 2.34. The standard InChI is InChI=1S/C6H11NOS/c1-6(2)7(3)5(8)4-9-6/h4H2,1-3H3. The normalized spacial score (nSPS) is 25.2. The zero-order chi connectivity index (χ0) is 7.07. The van der Waals surface area contributed by atoms with Crippen molar-refractivity contribution in [3.05, 3.63) is 0 Å². The molecular weight excluding hydrogens is 134 g/mol. The zero-order valence-electron chi connectivity index (χ0n) is 5.97. The average molecular weight is 145 g/mol. The third-order valence-electron chi connectivity index (χ3n) is 1.73. The van der Waals surface area contributed by atoms with Crippen LogP contribution in [0.2, 0.25) is 0 Å². The molecule has 0 aromatic rings. The molecular formula is C6H11NOS. The van der Waals surface area contributed by atoms with Gasteiger partial charge in [-0.2, -0.15) is 0 Å². The van der Waals surface area contributed by atoms with Crippen molar-refractivity contribution in [2.24, 2.45) is 0 Å². The Balaban J connectivity index is 2.73. The van der Waals surface area contributed by atoms with Crippen molar-refractivity contribution in [2.45, 2.75) is 18.7 Å². The molecule has 0 bridgehead atoms. The van der Waals surface area contributed by atoms with Crippen LogP contribution in [0.1, 0.15) is 13.8 Å². The second-order valence-electron chi connectivity index (χ2n) is 2.69. The highest BCUT2D eigenvalue weighted by Crippen LogP contribution is 2.33. The van der Waals surface area contributed by atoms with Crippen LogP contribution in [0.3, 0.4) is 0 Å². The first-order valence-corrected chi connectivity index (χ1v) is 3.93. The molecule has 9 heavy (non-hydrogen) atoms. The number of nitrogens with zero attached hydrogens (tertiary/aromatic N) is 1. The van der Waals surface area contributed by atoms with Gasteiger partial charge in [-0.15, -0.1) is 11.8 Å². The fourth-order valence-corrected chi connectivity index (χ4v) is 1.70. The Kier molecular flexibility index (Phi) is 1.47. The summed E-state index contributed by atoms with van der Waals surface area (Å²) in [6.45, 7) is 4.12. The molecule has 0 radical (unpaired) electrons. The second-order valence-corrected chi connectivity index (χ2v) is 4.26. The maximum atomic E-state index is 10.9. The summed E-state index contributed by atoms with van der Waals surface area (Å²) in [5.41, 5.74) is 0. The van der Waals surface area contributed by atoms with Gasteiger partial charge in [-0.25, -0.2) is 0 Å². The van der Waals surface area contributed by atoms with E-state index in [2.05, 4.69) is 13.8 Å². The average Bonchev–Trinajstić information content (AvgIpc) is 1.97. The highest BCUT2D eigenvalue weighted by molar-refractivity contribution is 8.01. The number of thioether (sulfide) groups is 1. The molecule has 1 heterocycles. The SMILES string of the molecule is CN1C(=O)CSC1(C)C. The number of rotatable bonds is 0. The lowest BCUT2D eigenvalue weighted by molar-refractivity contribution is -0.127. The molecule has 1 fully saturated rings. The van der Waals surface area contributed by atoms with Gasteiger partial charge < -0.3 is 4.90 Å². The minimum atomic E-state index is 0.0249. The molecule has 0 N–H and O–H groups in total.